The van der Waals surface area contributed by atoms with Gasteiger partial charge in [-0.3, -0.25) is 0 Å². The molecule has 0 N–H and O–H groups in total. The minimum Gasteiger partial charge on any atom is -0.369 e. The number of sulfonamides is 1. The van der Waals surface area contributed by atoms with Gasteiger partial charge in [0, 0.05) is 36.9 Å². The van der Waals surface area contributed by atoms with Gasteiger partial charge in [0.1, 0.15) is 0 Å². The maximum atomic E-state index is 12.6. The molecule has 6 heteroatoms. The van der Waals surface area contributed by atoms with Crippen LogP contribution < -0.4 is 4.90 Å². The SMILES string of the molecule is Cc1cccc(CS(=O)(=O)N2CCN(c3cccc(Cl)c3)CC2)c1. The average molecular weight is 365 g/mol. The molecule has 1 heterocycles. The molecule has 1 aliphatic heterocycles. The van der Waals surface area contributed by atoms with E-state index in [1.165, 1.54) is 0 Å². The molecular formula is C18H21ClN2O2S. The molecule has 0 aliphatic carbocycles. The molecule has 24 heavy (non-hydrogen) atoms. The topological polar surface area (TPSA) is 40.6 Å². The molecule has 128 valence electrons. The second-order valence-electron chi connectivity index (χ2n) is 6.11. The van der Waals surface area contributed by atoms with Gasteiger partial charge in [-0.1, -0.05) is 47.5 Å². The molecule has 0 saturated carbocycles. The van der Waals surface area contributed by atoms with E-state index >= 15 is 0 Å². The molecule has 3 rings (SSSR count). The van der Waals surface area contributed by atoms with Crippen LogP contribution in [0.4, 0.5) is 5.69 Å². The molecule has 1 aliphatic rings. The summed E-state index contributed by atoms with van der Waals surface area (Å²) in [5.74, 6) is 0.0614. The number of hydrogen-bond donors (Lipinski definition) is 0. The van der Waals surface area contributed by atoms with Crippen LogP contribution >= 0.6 is 11.6 Å². The van der Waals surface area contributed by atoms with E-state index in [0.717, 1.165) is 16.8 Å². The van der Waals surface area contributed by atoms with Crippen LogP contribution in [0.5, 0.6) is 0 Å². The minimum absolute atomic E-state index is 0.0614. The number of halogens is 1. The predicted octanol–water partition coefficient (Wildman–Crippen LogP) is 3.30. The summed E-state index contributed by atoms with van der Waals surface area (Å²) in [4.78, 5) is 2.17. The lowest BCUT2D eigenvalue weighted by atomic mass is 10.2. The highest BCUT2D eigenvalue weighted by Gasteiger charge is 2.27. The lowest BCUT2D eigenvalue weighted by Gasteiger charge is -2.35. The molecule has 0 aromatic heterocycles. The van der Waals surface area contributed by atoms with Crippen molar-refractivity contribution in [3.8, 4) is 0 Å². The first-order valence-electron chi connectivity index (χ1n) is 7.98. The smallest absolute Gasteiger partial charge is 0.218 e. The van der Waals surface area contributed by atoms with E-state index in [1.807, 2.05) is 55.5 Å². The third kappa shape index (κ3) is 4.09. The summed E-state index contributed by atoms with van der Waals surface area (Å²) in [7, 11) is -3.29. The van der Waals surface area contributed by atoms with Crippen LogP contribution in [0.3, 0.4) is 0 Å². The van der Waals surface area contributed by atoms with Gasteiger partial charge in [0.15, 0.2) is 0 Å². The first-order valence-corrected chi connectivity index (χ1v) is 9.97. The van der Waals surface area contributed by atoms with Crippen molar-refractivity contribution in [1.29, 1.82) is 0 Å². The zero-order valence-electron chi connectivity index (χ0n) is 13.7. The minimum atomic E-state index is -3.29. The fourth-order valence-corrected chi connectivity index (χ4v) is 4.69. The summed E-state index contributed by atoms with van der Waals surface area (Å²) < 4.78 is 26.9. The normalized spacial score (nSPS) is 16.3. The van der Waals surface area contributed by atoms with E-state index in [9.17, 15) is 8.42 Å². The van der Waals surface area contributed by atoms with Gasteiger partial charge in [0.05, 0.1) is 5.75 Å². The van der Waals surface area contributed by atoms with E-state index in [-0.39, 0.29) is 5.75 Å². The number of rotatable bonds is 4. The van der Waals surface area contributed by atoms with Crippen molar-refractivity contribution < 1.29 is 8.42 Å². The van der Waals surface area contributed by atoms with Gasteiger partial charge in [-0.2, -0.15) is 4.31 Å². The number of piperazine rings is 1. The van der Waals surface area contributed by atoms with Gasteiger partial charge in [-0.25, -0.2) is 8.42 Å². The largest absolute Gasteiger partial charge is 0.369 e. The van der Waals surface area contributed by atoms with E-state index in [1.54, 1.807) is 4.31 Å². The molecule has 0 bridgehead atoms. The Labute approximate surface area is 148 Å². The van der Waals surface area contributed by atoms with Gasteiger partial charge in [-0.05, 0) is 30.7 Å². The molecule has 0 amide bonds. The monoisotopic (exact) mass is 364 g/mol. The van der Waals surface area contributed by atoms with E-state index in [2.05, 4.69) is 4.90 Å². The van der Waals surface area contributed by atoms with Crippen LogP contribution in [0.25, 0.3) is 0 Å². The zero-order chi connectivity index (χ0) is 17.2. The van der Waals surface area contributed by atoms with E-state index in [0.29, 0.717) is 31.2 Å². The summed E-state index contributed by atoms with van der Waals surface area (Å²) in [5.41, 5.74) is 2.96. The molecule has 0 radical (unpaired) electrons. The second-order valence-corrected chi connectivity index (χ2v) is 8.52. The predicted molar refractivity (Wildman–Crippen MR) is 99.0 cm³/mol. The number of anilines is 1. The second kappa shape index (κ2) is 7.13. The van der Waals surface area contributed by atoms with Crippen LogP contribution in [-0.2, 0) is 15.8 Å². The average Bonchev–Trinajstić information content (AvgIpc) is 2.54. The Hall–Kier alpha value is -1.56. The molecule has 4 nitrogen and oxygen atoms in total. The molecule has 0 atom stereocenters. The number of aryl methyl sites for hydroxylation is 1. The van der Waals surface area contributed by atoms with Crippen LogP contribution in [-0.4, -0.2) is 38.9 Å². The van der Waals surface area contributed by atoms with E-state index < -0.39 is 10.0 Å². The summed E-state index contributed by atoms with van der Waals surface area (Å²) in [6.45, 7) is 4.32. The number of hydrogen-bond acceptors (Lipinski definition) is 3. The third-order valence-electron chi connectivity index (χ3n) is 4.24. The van der Waals surface area contributed by atoms with Gasteiger partial charge >= 0.3 is 0 Å². The van der Waals surface area contributed by atoms with Crippen molar-refractivity contribution in [3.63, 3.8) is 0 Å². The molecule has 1 fully saturated rings. The first-order chi connectivity index (χ1) is 11.4. The molecule has 2 aromatic carbocycles. The number of nitrogens with zero attached hydrogens (tertiary/aromatic N) is 2. The highest BCUT2D eigenvalue weighted by atomic mass is 35.5. The Kier molecular flexibility index (Phi) is 5.13. The fourth-order valence-electron chi connectivity index (χ4n) is 3.00. The standard InChI is InChI=1S/C18H21ClN2O2S/c1-15-4-2-5-16(12-15)14-24(22,23)21-10-8-20(9-11-21)18-7-3-6-17(19)13-18/h2-7,12-13H,8-11,14H2,1H3. The molecular weight excluding hydrogens is 344 g/mol. The first kappa shape index (κ1) is 17.3. The lowest BCUT2D eigenvalue weighted by Crippen LogP contribution is -2.49. The highest BCUT2D eigenvalue weighted by molar-refractivity contribution is 7.88. The van der Waals surface area contributed by atoms with Crippen molar-refractivity contribution in [2.75, 3.05) is 31.1 Å². The number of benzene rings is 2. The molecule has 1 saturated heterocycles. The van der Waals surface area contributed by atoms with Gasteiger partial charge < -0.3 is 4.90 Å². The molecule has 2 aromatic rings. The Bertz CT molecular complexity index is 815. The third-order valence-corrected chi connectivity index (χ3v) is 6.32. The van der Waals surface area contributed by atoms with Crippen molar-refractivity contribution in [2.45, 2.75) is 12.7 Å². The molecule has 0 spiro atoms. The summed E-state index contributed by atoms with van der Waals surface area (Å²) in [6.07, 6.45) is 0. The maximum absolute atomic E-state index is 12.6. The van der Waals surface area contributed by atoms with Gasteiger partial charge in [-0.15, -0.1) is 0 Å². The Balaban J connectivity index is 1.65. The van der Waals surface area contributed by atoms with Crippen molar-refractivity contribution in [3.05, 3.63) is 64.7 Å². The van der Waals surface area contributed by atoms with Crippen molar-refractivity contribution >= 4 is 27.3 Å². The summed E-state index contributed by atoms with van der Waals surface area (Å²) >= 11 is 6.04. The molecule has 0 unspecified atom stereocenters. The van der Waals surface area contributed by atoms with Crippen molar-refractivity contribution in [1.82, 2.24) is 4.31 Å². The van der Waals surface area contributed by atoms with Crippen LogP contribution in [0, 0.1) is 6.92 Å². The lowest BCUT2D eigenvalue weighted by molar-refractivity contribution is 0.384. The Morgan fingerprint density at radius 1 is 1.00 bits per heavy atom. The summed E-state index contributed by atoms with van der Waals surface area (Å²) in [5, 5.41) is 0.696. The summed E-state index contributed by atoms with van der Waals surface area (Å²) in [6, 6.07) is 15.3. The fraction of sp³-hybridized carbons (Fsp3) is 0.333. The van der Waals surface area contributed by atoms with Crippen molar-refractivity contribution in [2.24, 2.45) is 0 Å². The van der Waals surface area contributed by atoms with Crippen LogP contribution in [0.15, 0.2) is 48.5 Å². The van der Waals surface area contributed by atoms with Crippen LogP contribution in [0.2, 0.25) is 5.02 Å². The zero-order valence-corrected chi connectivity index (χ0v) is 15.2. The maximum Gasteiger partial charge on any atom is 0.218 e. The highest BCUT2D eigenvalue weighted by Crippen LogP contribution is 2.22. The van der Waals surface area contributed by atoms with Gasteiger partial charge in [0.25, 0.3) is 0 Å². The Morgan fingerprint density at radius 3 is 2.38 bits per heavy atom. The van der Waals surface area contributed by atoms with E-state index in [4.69, 9.17) is 11.6 Å². The Morgan fingerprint density at radius 2 is 1.71 bits per heavy atom. The quantitative estimate of drug-likeness (QED) is 0.835. The van der Waals surface area contributed by atoms with Crippen LogP contribution in [0.1, 0.15) is 11.1 Å². The van der Waals surface area contributed by atoms with Gasteiger partial charge in [0.2, 0.25) is 10.0 Å².